The summed E-state index contributed by atoms with van der Waals surface area (Å²) in [6.45, 7) is 7.67. The van der Waals surface area contributed by atoms with E-state index in [9.17, 15) is 4.79 Å². The second-order valence-electron chi connectivity index (χ2n) is 5.89. The lowest BCUT2D eigenvalue weighted by molar-refractivity contribution is 0.0583. The number of carbonyl (C=O) groups excluding carboxylic acids is 1. The molecule has 3 rings (SSSR count). The average Bonchev–Trinajstić information content (AvgIpc) is 3.04. The smallest absolute Gasteiger partial charge is 0.254 e. The highest BCUT2D eigenvalue weighted by atomic mass is 35.5. The maximum atomic E-state index is 12.6. The van der Waals surface area contributed by atoms with Gasteiger partial charge in [0.15, 0.2) is 0 Å². The monoisotopic (exact) mass is 307 g/mol. The number of carbonyl (C=O) groups is 1. The van der Waals surface area contributed by atoms with Crippen molar-refractivity contribution in [2.45, 2.75) is 19.4 Å². The number of benzene rings is 1. The van der Waals surface area contributed by atoms with Crippen molar-refractivity contribution < 1.29 is 4.79 Å². The summed E-state index contributed by atoms with van der Waals surface area (Å²) in [7, 11) is 0. The molecule has 1 amide bonds. The van der Waals surface area contributed by atoms with Gasteiger partial charge < -0.3 is 10.2 Å². The van der Waals surface area contributed by atoms with Gasteiger partial charge in [-0.05, 0) is 37.6 Å². The molecule has 1 aromatic carbocycles. The normalized spacial score (nSPS) is 23.5. The first-order valence-electron chi connectivity index (χ1n) is 7.66. The van der Waals surface area contributed by atoms with E-state index >= 15 is 0 Å². The van der Waals surface area contributed by atoms with Crippen LogP contribution in [0.25, 0.3) is 0 Å². The van der Waals surface area contributed by atoms with Gasteiger partial charge in [0.2, 0.25) is 0 Å². The molecule has 0 bridgehead atoms. The Labute approximate surface area is 131 Å². The topological polar surface area (TPSA) is 35.6 Å². The molecule has 4 nitrogen and oxygen atoms in total. The van der Waals surface area contributed by atoms with Gasteiger partial charge in [0.05, 0.1) is 0 Å². The first-order chi connectivity index (χ1) is 10.2. The molecule has 5 heteroatoms. The van der Waals surface area contributed by atoms with Crippen LogP contribution >= 0.6 is 11.6 Å². The molecule has 1 aromatic rings. The number of nitrogens with zero attached hydrogens (tertiary/aromatic N) is 2. The van der Waals surface area contributed by atoms with Crippen LogP contribution in [0.2, 0.25) is 5.02 Å². The lowest BCUT2D eigenvalue weighted by Gasteiger charge is -2.38. The standard InChI is InChI=1S/C16H22ClN3O/c1-12-14(3-2-4-15(12)17)16(21)20-9-7-19(8-10-20)13-5-6-18-11-13/h2-4,13,18H,5-11H2,1H3. The Kier molecular flexibility index (Phi) is 4.48. The van der Waals surface area contributed by atoms with Crippen LogP contribution in [-0.2, 0) is 0 Å². The number of hydrogen-bond acceptors (Lipinski definition) is 3. The minimum Gasteiger partial charge on any atom is -0.336 e. The Balaban J connectivity index is 1.63. The van der Waals surface area contributed by atoms with Crippen LogP contribution in [0.1, 0.15) is 22.3 Å². The van der Waals surface area contributed by atoms with E-state index in [-0.39, 0.29) is 5.91 Å². The van der Waals surface area contributed by atoms with Crippen molar-refractivity contribution in [2.75, 3.05) is 39.3 Å². The molecule has 0 aliphatic carbocycles. The number of piperazine rings is 1. The second-order valence-corrected chi connectivity index (χ2v) is 6.29. The molecule has 21 heavy (non-hydrogen) atoms. The second kappa shape index (κ2) is 6.34. The lowest BCUT2D eigenvalue weighted by atomic mass is 10.1. The summed E-state index contributed by atoms with van der Waals surface area (Å²) < 4.78 is 0. The molecule has 1 unspecified atom stereocenters. The van der Waals surface area contributed by atoms with E-state index in [0.717, 1.165) is 50.4 Å². The zero-order chi connectivity index (χ0) is 14.8. The molecule has 2 aliphatic rings. The Hall–Kier alpha value is -1.10. The fraction of sp³-hybridized carbons (Fsp3) is 0.562. The minimum absolute atomic E-state index is 0.110. The van der Waals surface area contributed by atoms with E-state index in [4.69, 9.17) is 11.6 Å². The molecule has 2 saturated heterocycles. The number of halogens is 1. The van der Waals surface area contributed by atoms with E-state index in [1.54, 1.807) is 0 Å². The molecule has 0 spiro atoms. The Morgan fingerprint density at radius 2 is 2.05 bits per heavy atom. The third-order valence-corrected chi connectivity index (χ3v) is 5.06. The van der Waals surface area contributed by atoms with Crippen LogP contribution in [0, 0.1) is 6.92 Å². The van der Waals surface area contributed by atoms with Crippen molar-refractivity contribution in [3.8, 4) is 0 Å². The first kappa shape index (κ1) is 14.8. The molecular formula is C16H22ClN3O. The van der Waals surface area contributed by atoms with Gasteiger partial charge in [-0.15, -0.1) is 0 Å². The van der Waals surface area contributed by atoms with Gasteiger partial charge >= 0.3 is 0 Å². The van der Waals surface area contributed by atoms with Gasteiger partial charge in [-0.25, -0.2) is 0 Å². The van der Waals surface area contributed by atoms with Gasteiger partial charge in [0.25, 0.3) is 5.91 Å². The highest BCUT2D eigenvalue weighted by Gasteiger charge is 2.28. The van der Waals surface area contributed by atoms with Crippen molar-refractivity contribution >= 4 is 17.5 Å². The van der Waals surface area contributed by atoms with Crippen LogP contribution in [0.4, 0.5) is 0 Å². The number of amides is 1. The molecule has 2 fully saturated rings. The molecule has 2 heterocycles. The van der Waals surface area contributed by atoms with Crippen molar-refractivity contribution in [3.05, 3.63) is 34.3 Å². The summed E-state index contributed by atoms with van der Waals surface area (Å²) in [5, 5.41) is 4.07. The van der Waals surface area contributed by atoms with E-state index in [1.807, 2.05) is 30.0 Å². The maximum Gasteiger partial charge on any atom is 0.254 e. The summed E-state index contributed by atoms with van der Waals surface area (Å²) in [4.78, 5) is 17.1. The minimum atomic E-state index is 0.110. The van der Waals surface area contributed by atoms with Crippen molar-refractivity contribution in [1.29, 1.82) is 0 Å². The Morgan fingerprint density at radius 1 is 1.29 bits per heavy atom. The molecule has 2 aliphatic heterocycles. The largest absolute Gasteiger partial charge is 0.336 e. The fourth-order valence-electron chi connectivity index (χ4n) is 3.25. The third kappa shape index (κ3) is 3.07. The summed E-state index contributed by atoms with van der Waals surface area (Å²) in [5.74, 6) is 0.110. The van der Waals surface area contributed by atoms with Crippen molar-refractivity contribution in [3.63, 3.8) is 0 Å². The van der Waals surface area contributed by atoms with Crippen LogP contribution in [0.5, 0.6) is 0 Å². The molecule has 0 aromatic heterocycles. The van der Waals surface area contributed by atoms with Crippen LogP contribution < -0.4 is 5.32 Å². The molecule has 0 radical (unpaired) electrons. The van der Waals surface area contributed by atoms with E-state index in [2.05, 4.69) is 10.2 Å². The highest BCUT2D eigenvalue weighted by Crippen LogP contribution is 2.21. The zero-order valence-electron chi connectivity index (χ0n) is 12.4. The number of nitrogens with one attached hydrogen (secondary N) is 1. The average molecular weight is 308 g/mol. The van der Waals surface area contributed by atoms with Gasteiger partial charge in [-0.1, -0.05) is 17.7 Å². The molecule has 114 valence electrons. The summed E-state index contributed by atoms with van der Waals surface area (Å²) in [6, 6.07) is 6.20. The van der Waals surface area contributed by atoms with Crippen molar-refractivity contribution in [1.82, 2.24) is 15.1 Å². The maximum absolute atomic E-state index is 12.6. The lowest BCUT2D eigenvalue weighted by Crippen LogP contribution is -2.52. The van der Waals surface area contributed by atoms with Gasteiger partial charge in [-0.2, -0.15) is 0 Å². The third-order valence-electron chi connectivity index (χ3n) is 4.65. The van der Waals surface area contributed by atoms with Gasteiger partial charge in [0, 0.05) is 49.4 Å². The number of rotatable bonds is 2. The quantitative estimate of drug-likeness (QED) is 0.904. The predicted octanol–water partition coefficient (Wildman–Crippen LogP) is 1.77. The Morgan fingerprint density at radius 3 is 2.71 bits per heavy atom. The highest BCUT2D eigenvalue weighted by molar-refractivity contribution is 6.31. The predicted molar refractivity (Wildman–Crippen MR) is 84.9 cm³/mol. The number of hydrogen-bond donors (Lipinski definition) is 1. The Bertz CT molecular complexity index is 520. The fourth-order valence-corrected chi connectivity index (χ4v) is 3.43. The van der Waals surface area contributed by atoms with Crippen molar-refractivity contribution in [2.24, 2.45) is 0 Å². The SMILES string of the molecule is Cc1c(Cl)cccc1C(=O)N1CCN(C2CCNC2)CC1. The van der Waals surface area contributed by atoms with Crippen LogP contribution in [-0.4, -0.2) is 61.0 Å². The van der Waals surface area contributed by atoms with Crippen LogP contribution in [0.15, 0.2) is 18.2 Å². The van der Waals surface area contributed by atoms with Gasteiger partial charge in [0.1, 0.15) is 0 Å². The van der Waals surface area contributed by atoms with Crippen LogP contribution in [0.3, 0.4) is 0 Å². The summed E-state index contributed by atoms with van der Waals surface area (Å²) in [5.41, 5.74) is 1.62. The summed E-state index contributed by atoms with van der Waals surface area (Å²) >= 11 is 6.12. The molecule has 0 saturated carbocycles. The molecule has 1 N–H and O–H groups in total. The van der Waals surface area contributed by atoms with E-state index in [0.29, 0.717) is 11.1 Å². The molecular weight excluding hydrogens is 286 g/mol. The first-order valence-corrected chi connectivity index (χ1v) is 8.04. The zero-order valence-corrected chi connectivity index (χ0v) is 13.2. The molecule has 1 atom stereocenters. The van der Waals surface area contributed by atoms with E-state index in [1.165, 1.54) is 6.42 Å². The van der Waals surface area contributed by atoms with Gasteiger partial charge in [-0.3, -0.25) is 9.69 Å². The van der Waals surface area contributed by atoms with E-state index < -0.39 is 0 Å². The summed E-state index contributed by atoms with van der Waals surface area (Å²) in [6.07, 6.45) is 1.22.